The number of hydrogen-bond donors (Lipinski definition) is 3. The number of carbonyl (C=O) groups excluding carboxylic acids is 1. The molecule has 0 radical (unpaired) electrons. The Morgan fingerprint density at radius 3 is 2.24 bits per heavy atom. The van der Waals surface area contributed by atoms with Gasteiger partial charge >= 0.3 is 5.97 Å². The van der Waals surface area contributed by atoms with Crippen LogP contribution in [0.25, 0.3) is 0 Å². The van der Waals surface area contributed by atoms with E-state index in [1.54, 1.807) is 0 Å². The van der Waals surface area contributed by atoms with Crippen LogP contribution in [0.3, 0.4) is 0 Å². The van der Waals surface area contributed by atoms with E-state index < -0.39 is 23.4 Å². The molecule has 2 rings (SSSR count). The molecule has 1 amide bonds. The van der Waals surface area contributed by atoms with E-state index in [4.69, 9.17) is 5.11 Å². The van der Waals surface area contributed by atoms with E-state index in [1.165, 1.54) is 0 Å². The first-order chi connectivity index (χ1) is 9.72. The normalized spacial score (nSPS) is 30.8. The van der Waals surface area contributed by atoms with Crippen molar-refractivity contribution >= 4 is 11.9 Å². The average molecular weight is 297 g/mol. The van der Waals surface area contributed by atoms with Gasteiger partial charge in [0.15, 0.2) is 0 Å². The van der Waals surface area contributed by atoms with E-state index in [9.17, 15) is 14.7 Å². The summed E-state index contributed by atoms with van der Waals surface area (Å²) in [5.41, 5.74) is -0.571. The highest BCUT2D eigenvalue weighted by molar-refractivity contribution is 5.85. The number of rotatable bonds is 4. The van der Waals surface area contributed by atoms with Crippen LogP contribution in [0.2, 0.25) is 0 Å². The number of carbonyl (C=O) groups is 2. The number of amides is 1. The van der Waals surface area contributed by atoms with Crippen LogP contribution in [0.1, 0.15) is 58.8 Å². The van der Waals surface area contributed by atoms with E-state index in [2.05, 4.69) is 19.2 Å². The maximum Gasteiger partial charge on any atom is 0.307 e. The summed E-state index contributed by atoms with van der Waals surface area (Å²) in [6.45, 7) is 4.63. The van der Waals surface area contributed by atoms with Gasteiger partial charge in [-0.25, -0.2) is 0 Å². The fourth-order valence-corrected chi connectivity index (χ4v) is 3.52. The summed E-state index contributed by atoms with van der Waals surface area (Å²) in [6.07, 6.45) is 5.26. The zero-order valence-corrected chi connectivity index (χ0v) is 13.0. The molecule has 0 aromatic heterocycles. The molecule has 0 spiro atoms. The molecule has 5 nitrogen and oxygen atoms in total. The van der Waals surface area contributed by atoms with Gasteiger partial charge < -0.3 is 15.5 Å². The topological polar surface area (TPSA) is 86.6 Å². The molecule has 0 saturated heterocycles. The van der Waals surface area contributed by atoms with Gasteiger partial charge in [-0.2, -0.15) is 0 Å². The van der Waals surface area contributed by atoms with Crippen molar-refractivity contribution in [3.05, 3.63) is 0 Å². The Balaban J connectivity index is 1.85. The van der Waals surface area contributed by atoms with Crippen molar-refractivity contribution in [2.45, 2.75) is 64.4 Å². The number of aliphatic hydroxyl groups is 1. The number of hydrogen-bond acceptors (Lipinski definition) is 3. The SMILES string of the molecule is CC1(C)CCC(O)(CNC(=O)C2CCCC2C(=O)O)CC1. The molecule has 21 heavy (non-hydrogen) atoms. The van der Waals surface area contributed by atoms with Crippen molar-refractivity contribution in [2.75, 3.05) is 6.54 Å². The fourth-order valence-electron chi connectivity index (χ4n) is 3.52. The van der Waals surface area contributed by atoms with E-state index >= 15 is 0 Å². The van der Waals surface area contributed by atoms with Crippen LogP contribution in [0.15, 0.2) is 0 Å². The summed E-state index contributed by atoms with van der Waals surface area (Å²) in [5.74, 6) is -2.10. The summed E-state index contributed by atoms with van der Waals surface area (Å²) in [5, 5.41) is 22.5. The molecule has 0 aromatic carbocycles. The minimum absolute atomic E-state index is 0.210. The largest absolute Gasteiger partial charge is 0.481 e. The maximum atomic E-state index is 12.2. The van der Waals surface area contributed by atoms with Crippen molar-refractivity contribution in [3.63, 3.8) is 0 Å². The second-order valence-electron chi connectivity index (χ2n) is 7.59. The van der Waals surface area contributed by atoms with Gasteiger partial charge in [0.25, 0.3) is 0 Å². The highest BCUT2D eigenvalue weighted by atomic mass is 16.4. The van der Waals surface area contributed by atoms with Crippen LogP contribution >= 0.6 is 0 Å². The predicted molar refractivity (Wildman–Crippen MR) is 78.7 cm³/mol. The van der Waals surface area contributed by atoms with Crippen LogP contribution in [0.4, 0.5) is 0 Å². The molecular weight excluding hydrogens is 270 g/mol. The summed E-state index contributed by atoms with van der Waals surface area (Å²) < 4.78 is 0. The average Bonchev–Trinajstić information content (AvgIpc) is 2.90. The molecular formula is C16H27NO4. The van der Waals surface area contributed by atoms with Gasteiger partial charge in [-0.05, 0) is 43.9 Å². The van der Waals surface area contributed by atoms with Gasteiger partial charge in [0, 0.05) is 6.54 Å². The first-order valence-electron chi connectivity index (χ1n) is 7.95. The molecule has 0 aromatic rings. The quantitative estimate of drug-likeness (QED) is 0.740. The number of carboxylic acids is 1. The molecule has 120 valence electrons. The molecule has 2 atom stereocenters. The first-order valence-corrected chi connectivity index (χ1v) is 7.95. The van der Waals surface area contributed by atoms with E-state index in [-0.39, 0.29) is 17.9 Å². The standard InChI is InChI=1S/C16H27NO4/c1-15(2)6-8-16(21,9-7-15)10-17-13(18)11-4-3-5-12(11)14(19)20/h11-12,21H,3-10H2,1-2H3,(H,17,18)(H,19,20). The highest BCUT2D eigenvalue weighted by Gasteiger charge is 2.40. The van der Waals surface area contributed by atoms with Gasteiger partial charge in [0.2, 0.25) is 5.91 Å². The molecule has 5 heteroatoms. The second-order valence-corrected chi connectivity index (χ2v) is 7.59. The smallest absolute Gasteiger partial charge is 0.307 e. The number of nitrogens with one attached hydrogen (secondary N) is 1. The van der Waals surface area contributed by atoms with Crippen LogP contribution in [0, 0.1) is 17.3 Å². The Morgan fingerprint density at radius 2 is 1.67 bits per heavy atom. The fraction of sp³-hybridized carbons (Fsp3) is 0.875. The Bertz CT molecular complexity index is 409. The molecule has 0 aliphatic heterocycles. The van der Waals surface area contributed by atoms with Crippen molar-refractivity contribution < 1.29 is 19.8 Å². The second kappa shape index (κ2) is 5.95. The Kier molecular flexibility index (Phi) is 4.61. The maximum absolute atomic E-state index is 12.2. The highest BCUT2D eigenvalue weighted by Crippen LogP contribution is 2.40. The van der Waals surface area contributed by atoms with Crippen LogP contribution in [-0.2, 0) is 9.59 Å². The lowest BCUT2D eigenvalue weighted by Crippen LogP contribution is -2.48. The Hall–Kier alpha value is -1.10. The van der Waals surface area contributed by atoms with Crippen LogP contribution in [-0.4, -0.2) is 34.2 Å². The lowest BCUT2D eigenvalue weighted by atomic mass is 9.71. The van der Waals surface area contributed by atoms with Gasteiger partial charge in [0.05, 0.1) is 17.4 Å². The monoisotopic (exact) mass is 297 g/mol. The predicted octanol–water partition coefficient (Wildman–Crippen LogP) is 1.93. The van der Waals surface area contributed by atoms with Gasteiger partial charge in [-0.1, -0.05) is 20.3 Å². The third-order valence-corrected chi connectivity index (χ3v) is 5.30. The van der Waals surface area contributed by atoms with Crippen molar-refractivity contribution in [1.82, 2.24) is 5.32 Å². The van der Waals surface area contributed by atoms with Crippen molar-refractivity contribution in [1.29, 1.82) is 0 Å². The molecule has 0 heterocycles. The summed E-state index contributed by atoms with van der Waals surface area (Å²) in [7, 11) is 0. The van der Waals surface area contributed by atoms with Gasteiger partial charge in [-0.15, -0.1) is 0 Å². The van der Waals surface area contributed by atoms with Crippen molar-refractivity contribution in [3.8, 4) is 0 Å². The lowest BCUT2D eigenvalue weighted by Gasteiger charge is -2.40. The van der Waals surface area contributed by atoms with Crippen LogP contribution in [0.5, 0.6) is 0 Å². The summed E-state index contributed by atoms with van der Waals surface area (Å²) in [4.78, 5) is 23.3. The third kappa shape index (κ3) is 3.96. The molecule has 3 N–H and O–H groups in total. The van der Waals surface area contributed by atoms with E-state index in [0.717, 1.165) is 19.3 Å². The van der Waals surface area contributed by atoms with E-state index in [0.29, 0.717) is 25.7 Å². The Morgan fingerprint density at radius 1 is 1.10 bits per heavy atom. The lowest BCUT2D eigenvalue weighted by molar-refractivity contribution is -0.146. The zero-order chi connectivity index (χ0) is 15.7. The molecule has 2 aliphatic rings. The van der Waals surface area contributed by atoms with Gasteiger partial charge in [0.1, 0.15) is 0 Å². The van der Waals surface area contributed by atoms with E-state index in [1.807, 2.05) is 0 Å². The van der Waals surface area contributed by atoms with Crippen LogP contribution < -0.4 is 5.32 Å². The minimum atomic E-state index is -0.884. The third-order valence-electron chi connectivity index (χ3n) is 5.30. The van der Waals surface area contributed by atoms with Crippen molar-refractivity contribution in [2.24, 2.45) is 17.3 Å². The molecule has 2 unspecified atom stereocenters. The zero-order valence-electron chi connectivity index (χ0n) is 13.0. The summed E-state index contributed by atoms with van der Waals surface area (Å²) >= 11 is 0. The molecule has 2 aliphatic carbocycles. The van der Waals surface area contributed by atoms with Gasteiger partial charge in [-0.3, -0.25) is 9.59 Å². The molecule has 0 bridgehead atoms. The molecule has 2 saturated carbocycles. The summed E-state index contributed by atoms with van der Waals surface area (Å²) in [6, 6.07) is 0. The number of aliphatic carboxylic acids is 1. The first kappa shape index (κ1) is 16.3. The number of carboxylic acid groups (broad SMARTS) is 1. The molecule has 2 fully saturated rings. The Labute approximate surface area is 126 Å². The minimum Gasteiger partial charge on any atom is -0.481 e.